The zero-order valence-corrected chi connectivity index (χ0v) is 18.4. The molecule has 0 amide bonds. The SMILES string of the molecule is CCNC(=NCc1cccc(Cn2cncn2)c1)N(C)CC1CCOC1.I. The van der Waals surface area contributed by atoms with Gasteiger partial charge in [0, 0.05) is 32.7 Å². The Balaban J connectivity index is 0.00000261. The third-order valence-electron chi connectivity index (χ3n) is 4.47. The zero-order valence-electron chi connectivity index (χ0n) is 16.0. The Kier molecular flexibility index (Phi) is 8.99. The van der Waals surface area contributed by atoms with Crippen molar-refractivity contribution in [2.24, 2.45) is 10.9 Å². The Labute approximate surface area is 178 Å². The number of halogens is 1. The Hall–Kier alpha value is -1.68. The van der Waals surface area contributed by atoms with E-state index >= 15 is 0 Å². The molecule has 1 aromatic carbocycles. The maximum Gasteiger partial charge on any atom is 0.193 e. The predicted octanol–water partition coefficient (Wildman–Crippen LogP) is 2.38. The monoisotopic (exact) mass is 484 g/mol. The van der Waals surface area contributed by atoms with Gasteiger partial charge in [0.1, 0.15) is 12.7 Å². The molecule has 0 aliphatic carbocycles. The highest BCUT2D eigenvalue weighted by Crippen LogP contribution is 2.13. The van der Waals surface area contributed by atoms with E-state index < -0.39 is 0 Å². The normalized spacial score (nSPS) is 16.8. The second-order valence-electron chi connectivity index (χ2n) is 6.69. The highest BCUT2D eigenvalue weighted by Gasteiger charge is 2.19. The van der Waals surface area contributed by atoms with Gasteiger partial charge in [-0.2, -0.15) is 5.10 Å². The summed E-state index contributed by atoms with van der Waals surface area (Å²) in [5.41, 5.74) is 2.39. The zero-order chi connectivity index (χ0) is 18.2. The van der Waals surface area contributed by atoms with E-state index in [1.165, 1.54) is 11.1 Å². The summed E-state index contributed by atoms with van der Waals surface area (Å²) < 4.78 is 7.31. The predicted molar refractivity (Wildman–Crippen MR) is 117 cm³/mol. The molecule has 1 fully saturated rings. The van der Waals surface area contributed by atoms with Gasteiger partial charge >= 0.3 is 0 Å². The molecule has 0 saturated carbocycles. The molecule has 1 N–H and O–H groups in total. The van der Waals surface area contributed by atoms with Crippen LogP contribution in [0.1, 0.15) is 24.5 Å². The molecule has 2 aromatic rings. The number of nitrogens with zero attached hydrogens (tertiary/aromatic N) is 5. The minimum absolute atomic E-state index is 0. The van der Waals surface area contributed by atoms with Crippen LogP contribution in [0.2, 0.25) is 0 Å². The minimum Gasteiger partial charge on any atom is -0.381 e. The van der Waals surface area contributed by atoms with Crippen molar-refractivity contribution in [1.82, 2.24) is 25.0 Å². The number of nitrogens with one attached hydrogen (secondary N) is 1. The van der Waals surface area contributed by atoms with Gasteiger partial charge < -0.3 is 15.0 Å². The molecule has 1 aliphatic heterocycles. The first kappa shape index (κ1) is 21.6. The lowest BCUT2D eigenvalue weighted by molar-refractivity contribution is 0.181. The fraction of sp³-hybridized carbons (Fsp3) is 0.526. The molecule has 1 atom stereocenters. The molecule has 1 unspecified atom stereocenters. The molecule has 0 radical (unpaired) electrons. The van der Waals surface area contributed by atoms with Gasteiger partial charge in [0.05, 0.1) is 19.7 Å². The van der Waals surface area contributed by atoms with E-state index in [1.807, 2.05) is 4.68 Å². The minimum atomic E-state index is 0. The fourth-order valence-electron chi connectivity index (χ4n) is 3.16. The van der Waals surface area contributed by atoms with Gasteiger partial charge in [-0.25, -0.2) is 14.7 Å². The number of guanidine groups is 1. The van der Waals surface area contributed by atoms with Crippen LogP contribution in [-0.2, 0) is 17.8 Å². The summed E-state index contributed by atoms with van der Waals surface area (Å²) >= 11 is 0. The van der Waals surface area contributed by atoms with Crippen LogP contribution in [0.4, 0.5) is 0 Å². The lowest BCUT2D eigenvalue weighted by Gasteiger charge is -2.24. The van der Waals surface area contributed by atoms with Gasteiger partial charge in [0.25, 0.3) is 0 Å². The summed E-state index contributed by atoms with van der Waals surface area (Å²) in [7, 11) is 2.10. The average Bonchev–Trinajstić information content (AvgIpc) is 3.33. The van der Waals surface area contributed by atoms with E-state index in [0.717, 1.165) is 45.2 Å². The summed E-state index contributed by atoms with van der Waals surface area (Å²) in [5, 5.41) is 7.55. The molecular weight excluding hydrogens is 455 g/mol. The van der Waals surface area contributed by atoms with Gasteiger partial charge in [0.15, 0.2) is 5.96 Å². The molecule has 1 saturated heterocycles. The number of hydrogen-bond donors (Lipinski definition) is 1. The topological polar surface area (TPSA) is 67.6 Å². The fourth-order valence-corrected chi connectivity index (χ4v) is 3.16. The first-order valence-corrected chi connectivity index (χ1v) is 9.22. The van der Waals surface area contributed by atoms with Gasteiger partial charge in [0.2, 0.25) is 0 Å². The summed E-state index contributed by atoms with van der Waals surface area (Å²) in [6, 6.07) is 8.47. The molecule has 0 bridgehead atoms. The first-order valence-electron chi connectivity index (χ1n) is 9.22. The van der Waals surface area contributed by atoms with E-state index in [9.17, 15) is 0 Å². The molecule has 1 aromatic heterocycles. The van der Waals surface area contributed by atoms with Crippen LogP contribution in [0, 0.1) is 5.92 Å². The van der Waals surface area contributed by atoms with Crippen LogP contribution in [0.15, 0.2) is 41.9 Å². The van der Waals surface area contributed by atoms with Crippen LogP contribution in [0.5, 0.6) is 0 Å². The summed E-state index contributed by atoms with van der Waals surface area (Å²) in [5.74, 6) is 1.54. The van der Waals surface area contributed by atoms with Crippen LogP contribution in [-0.4, -0.2) is 59.0 Å². The molecule has 1 aliphatic rings. The molecular formula is C19H29IN6O. The number of hydrogen-bond acceptors (Lipinski definition) is 4. The lowest BCUT2D eigenvalue weighted by Crippen LogP contribution is -2.41. The van der Waals surface area contributed by atoms with Gasteiger partial charge in [-0.1, -0.05) is 24.3 Å². The highest BCUT2D eigenvalue weighted by atomic mass is 127. The second-order valence-corrected chi connectivity index (χ2v) is 6.69. The quantitative estimate of drug-likeness (QED) is 0.372. The Morgan fingerprint density at radius 3 is 2.96 bits per heavy atom. The largest absolute Gasteiger partial charge is 0.381 e. The van der Waals surface area contributed by atoms with Crippen LogP contribution < -0.4 is 5.32 Å². The van der Waals surface area contributed by atoms with Crippen molar-refractivity contribution >= 4 is 29.9 Å². The van der Waals surface area contributed by atoms with Gasteiger partial charge in [-0.15, -0.1) is 24.0 Å². The molecule has 148 valence electrons. The van der Waals surface area contributed by atoms with E-state index in [0.29, 0.717) is 12.5 Å². The number of ether oxygens (including phenoxy) is 1. The van der Waals surface area contributed by atoms with Crippen molar-refractivity contribution in [1.29, 1.82) is 0 Å². The van der Waals surface area contributed by atoms with Gasteiger partial charge in [-0.3, -0.25) is 0 Å². The molecule has 27 heavy (non-hydrogen) atoms. The van der Waals surface area contributed by atoms with Crippen LogP contribution >= 0.6 is 24.0 Å². The van der Waals surface area contributed by atoms with Crippen molar-refractivity contribution in [3.63, 3.8) is 0 Å². The number of rotatable bonds is 7. The number of aromatic nitrogens is 3. The van der Waals surface area contributed by atoms with Crippen molar-refractivity contribution in [3.8, 4) is 0 Å². The maximum absolute atomic E-state index is 5.48. The highest BCUT2D eigenvalue weighted by molar-refractivity contribution is 14.0. The molecule has 3 rings (SSSR count). The van der Waals surface area contributed by atoms with E-state index in [4.69, 9.17) is 9.73 Å². The van der Waals surface area contributed by atoms with Crippen molar-refractivity contribution in [2.45, 2.75) is 26.4 Å². The summed E-state index contributed by atoms with van der Waals surface area (Å²) in [6.45, 7) is 7.03. The van der Waals surface area contributed by atoms with E-state index in [-0.39, 0.29) is 24.0 Å². The van der Waals surface area contributed by atoms with E-state index in [2.05, 4.69) is 58.5 Å². The molecule has 2 heterocycles. The van der Waals surface area contributed by atoms with Crippen LogP contribution in [0.25, 0.3) is 0 Å². The molecule has 7 nitrogen and oxygen atoms in total. The maximum atomic E-state index is 5.48. The van der Waals surface area contributed by atoms with E-state index in [1.54, 1.807) is 12.7 Å². The summed E-state index contributed by atoms with van der Waals surface area (Å²) in [6.07, 6.45) is 4.42. The summed E-state index contributed by atoms with van der Waals surface area (Å²) in [4.78, 5) is 11.0. The average molecular weight is 484 g/mol. The smallest absolute Gasteiger partial charge is 0.193 e. The Bertz CT molecular complexity index is 700. The first-order chi connectivity index (χ1) is 12.7. The molecule has 0 spiro atoms. The van der Waals surface area contributed by atoms with Gasteiger partial charge in [-0.05, 0) is 24.5 Å². The molecule has 8 heteroatoms. The van der Waals surface area contributed by atoms with Crippen molar-refractivity contribution in [3.05, 3.63) is 48.0 Å². The van der Waals surface area contributed by atoms with Crippen LogP contribution in [0.3, 0.4) is 0 Å². The second kappa shape index (κ2) is 11.2. The van der Waals surface area contributed by atoms with Crippen molar-refractivity contribution in [2.75, 3.05) is 33.4 Å². The Morgan fingerprint density at radius 1 is 1.41 bits per heavy atom. The lowest BCUT2D eigenvalue weighted by atomic mass is 10.1. The number of benzene rings is 1. The third kappa shape index (κ3) is 6.76. The number of aliphatic imine (C=N–C) groups is 1. The Morgan fingerprint density at radius 2 is 2.26 bits per heavy atom. The third-order valence-corrected chi connectivity index (χ3v) is 4.47. The standard InChI is InChI=1S/C19H28N6O.HI/c1-3-21-19(24(2)11-18-7-8-26-13-18)22-10-16-5-4-6-17(9-16)12-25-15-20-14-23-25;/h4-6,9,14-15,18H,3,7-8,10-13H2,1-2H3,(H,21,22);1H. The van der Waals surface area contributed by atoms with Crippen molar-refractivity contribution < 1.29 is 4.74 Å².